The molecule has 8 heteroatoms. The first-order chi connectivity index (χ1) is 13.7. The molecule has 1 unspecified atom stereocenters. The van der Waals surface area contributed by atoms with Gasteiger partial charge in [0.2, 0.25) is 5.91 Å². The molecule has 3 N–H and O–H groups in total. The Labute approximate surface area is 188 Å². The standard InChI is InChI=1S/C21H26N4O3.HI/c1-22-21(23-12-14-7-6-10-18(27-2)20(14)28-3)24-13-15-11-19(26)25-17-9-5-4-8-16(15)17;/h4-10,15H,11-13H2,1-3H3,(H,25,26)(H2,22,23,24);1H. The zero-order chi connectivity index (χ0) is 19.9. The molecule has 0 aromatic heterocycles. The van der Waals surface area contributed by atoms with Crippen molar-refractivity contribution >= 4 is 41.5 Å². The van der Waals surface area contributed by atoms with E-state index in [0.717, 1.165) is 16.8 Å². The Hall–Kier alpha value is -2.49. The summed E-state index contributed by atoms with van der Waals surface area (Å²) in [7, 11) is 4.97. The van der Waals surface area contributed by atoms with E-state index in [1.54, 1.807) is 21.3 Å². The van der Waals surface area contributed by atoms with Crippen LogP contribution in [0.1, 0.15) is 23.5 Å². The largest absolute Gasteiger partial charge is 0.493 e. The number of fused-ring (bicyclic) bond motifs is 1. The van der Waals surface area contributed by atoms with E-state index in [9.17, 15) is 4.79 Å². The molecule has 7 nitrogen and oxygen atoms in total. The molecular weight excluding hydrogens is 483 g/mol. The third-order valence-electron chi connectivity index (χ3n) is 4.78. The van der Waals surface area contributed by atoms with Crippen molar-refractivity contribution in [1.82, 2.24) is 10.6 Å². The van der Waals surface area contributed by atoms with Crippen molar-refractivity contribution in [2.24, 2.45) is 4.99 Å². The maximum Gasteiger partial charge on any atom is 0.225 e. The number of para-hydroxylation sites is 2. The third kappa shape index (κ3) is 5.53. The van der Waals surface area contributed by atoms with E-state index in [0.29, 0.717) is 37.0 Å². The molecule has 0 bridgehead atoms. The van der Waals surface area contributed by atoms with Gasteiger partial charge >= 0.3 is 0 Å². The van der Waals surface area contributed by atoms with Crippen LogP contribution in [0.3, 0.4) is 0 Å². The molecule has 156 valence electrons. The molecule has 1 aliphatic heterocycles. The fourth-order valence-electron chi connectivity index (χ4n) is 3.40. The quantitative estimate of drug-likeness (QED) is 0.316. The number of rotatable bonds is 6. The Balaban J connectivity index is 0.00000300. The number of halogens is 1. The van der Waals surface area contributed by atoms with Gasteiger partial charge in [-0.05, 0) is 17.7 Å². The minimum Gasteiger partial charge on any atom is -0.493 e. The summed E-state index contributed by atoms with van der Waals surface area (Å²) in [5.41, 5.74) is 2.99. The van der Waals surface area contributed by atoms with Gasteiger partial charge in [-0.2, -0.15) is 0 Å². The summed E-state index contributed by atoms with van der Waals surface area (Å²) in [5, 5.41) is 9.54. The number of carbonyl (C=O) groups excluding carboxylic acids is 1. The molecular formula is C21H27IN4O3. The number of amides is 1. The zero-order valence-electron chi connectivity index (χ0n) is 16.8. The molecule has 2 aromatic carbocycles. The Bertz CT molecular complexity index is 873. The van der Waals surface area contributed by atoms with Crippen LogP contribution in [-0.4, -0.2) is 39.7 Å². The van der Waals surface area contributed by atoms with Crippen molar-refractivity contribution in [3.63, 3.8) is 0 Å². The maximum absolute atomic E-state index is 12.0. The Kier molecular flexibility index (Phi) is 8.56. The van der Waals surface area contributed by atoms with Gasteiger partial charge in [0.05, 0.1) is 14.2 Å². The maximum atomic E-state index is 12.0. The average Bonchev–Trinajstić information content (AvgIpc) is 2.73. The van der Waals surface area contributed by atoms with Crippen molar-refractivity contribution in [2.75, 3.05) is 33.1 Å². The minimum absolute atomic E-state index is 0. The summed E-state index contributed by atoms with van der Waals surface area (Å²) >= 11 is 0. The molecule has 0 spiro atoms. The van der Waals surface area contributed by atoms with Crippen LogP contribution in [0.2, 0.25) is 0 Å². The first kappa shape index (κ1) is 22.8. The number of benzene rings is 2. The molecule has 1 amide bonds. The lowest BCUT2D eigenvalue weighted by Gasteiger charge is -2.26. The fraction of sp³-hybridized carbons (Fsp3) is 0.333. The highest BCUT2D eigenvalue weighted by Crippen LogP contribution is 2.32. The smallest absolute Gasteiger partial charge is 0.225 e. The van der Waals surface area contributed by atoms with E-state index >= 15 is 0 Å². The molecule has 1 heterocycles. The van der Waals surface area contributed by atoms with Gasteiger partial charge in [0, 0.05) is 43.7 Å². The van der Waals surface area contributed by atoms with E-state index in [1.165, 1.54) is 0 Å². The Morgan fingerprint density at radius 1 is 1.14 bits per heavy atom. The minimum atomic E-state index is 0. The topological polar surface area (TPSA) is 84.0 Å². The van der Waals surface area contributed by atoms with Crippen LogP contribution < -0.4 is 25.4 Å². The molecule has 1 aliphatic rings. The Morgan fingerprint density at radius 2 is 1.93 bits per heavy atom. The van der Waals surface area contributed by atoms with E-state index in [-0.39, 0.29) is 35.8 Å². The Morgan fingerprint density at radius 3 is 2.66 bits per heavy atom. The van der Waals surface area contributed by atoms with Gasteiger partial charge in [0.25, 0.3) is 0 Å². The van der Waals surface area contributed by atoms with Crippen LogP contribution in [-0.2, 0) is 11.3 Å². The molecule has 0 fully saturated rings. The van der Waals surface area contributed by atoms with Gasteiger partial charge in [-0.3, -0.25) is 9.79 Å². The molecule has 3 rings (SSSR count). The average molecular weight is 510 g/mol. The second-order valence-electron chi connectivity index (χ2n) is 6.50. The molecule has 0 radical (unpaired) electrons. The normalized spacial score (nSPS) is 15.5. The highest BCUT2D eigenvalue weighted by molar-refractivity contribution is 14.0. The molecule has 0 saturated carbocycles. The number of nitrogens with zero attached hydrogens (tertiary/aromatic N) is 1. The lowest BCUT2D eigenvalue weighted by Crippen LogP contribution is -2.40. The number of aliphatic imine (C=N–C) groups is 1. The number of guanidine groups is 1. The number of hydrogen-bond donors (Lipinski definition) is 3. The predicted molar refractivity (Wildman–Crippen MR) is 126 cm³/mol. The summed E-state index contributed by atoms with van der Waals surface area (Å²) in [6, 6.07) is 13.7. The second-order valence-corrected chi connectivity index (χ2v) is 6.50. The van der Waals surface area contributed by atoms with Crippen molar-refractivity contribution in [1.29, 1.82) is 0 Å². The van der Waals surface area contributed by atoms with E-state index in [4.69, 9.17) is 9.47 Å². The van der Waals surface area contributed by atoms with Gasteiger partial charge in [-0.1, -0.05) is 30.3 Å². The van der Waals surface area contributed by atoms with Crippen LogP contribution in [0, 0.1) is 0 Å². The number of anilines is 1. The van der Waals surface area contributed by atoms with Crippen molar-refractivity contribution in [3.8, 4) is 11.5 Å². The van der Waals surface area contributed by atoms with Crippen LogP contribution in [0.4, 0.5) is 5.69 Å². The van der Waals surface area contributed by atoms with Crippen LogP contribution in [0.25, 0.3) is 0 Å². The number of nitrogens with one attached hydrogen (secondary N) is 3. The van der Waals surface area contributed by atoms with E-state index < -0.39 is 0 Å². The first-order valence-electron chi connectivity index (χ1n) is 9.19. The van der Waals surface area contributed by atoms with Gasteiger partial charge in [-0.15, -0.1) is 24.0 Å². The first-order valence-corrected chi connectivity index (χ1v) is 9.19. The predicted octanol–water partition coefficient (Wildman–Crippen LogP) is 3.11. The molecule has 29 heavy (non-hydrogen) atoms. The molecule has 0 saturated heterocycles. The van der Waals surface area contributed by atoms with Crippen molar-refractivity contribution in [2.45, 2.75) is 18.9 Å². The summed E-state index contributed by atoms with van der Waals surface area (Å²) in [6.07, 6.45) is 0.449. The van der Waals surface area contributed by atoms with Crippen LogP contribution >= 0.6 is 24.0 Å². The molecule has 0 aliphatic carbocycles. The monoisotopic (exact) mass is 510 g/mol. The van der Waals surface area contributed by atoms with Crippen LogP contribution in [0.5, 0.6) is 11.5 Å². The highest BCUT2D eigenvalue weighted by atomic mass is 127. The summed E-state index contributed by atoms with van der Waals surface area (Å²) in [5.74, 6) is 2.18. The number of hydrogen-bond acceptors (Lipinski definition) is 4. The van der Waals surface area contributed by atoms with E-state index in [2.05, 4.69) is 27.0 Å². The van der Waals surface area contributed by atoms with Crippen LogP contribution in [0.15, 0.2) is 47.5 Å². The fourth-order valence-corrected chi connectivity index (χ4v) is 3.40. The van der Waals surface area contributed by atoms with Gasteiger partial charge < -0.3 is 25.4 Å². The third-order valence-corrected chi connectivity index (χ3v) is 4.78. The lowest BCUT2D eigenvalue weighted by atomic mass is 9.90. The van der Waals surface area contributed by atoms with Gasteiger partial charge in [0.1, 0.15) is 0 Å². The van der Waals surface area contributed by atoms with E-state index in [1.807, 2.05) is 36.4 Å². The van der Waals surface area contributed by atoms with Gasteiger partial charge in [0.15, 0.2) is 17.5 Å². The SMILES string of the molecule is CN=C(NCc1cccc(OC)c1OC)NCC1CC(=O)Nc2ccccc21.I. The number of carbonyl (C=O) groups is 1. The van der Waals surface area contributed by atoms with Gasteiger partial charge in [-0.25, -0.2) is 0 Å². The zero-order valence-corrected chi connectivity index (χ0v) is 19.2. The lowest BCUT2D eigenvalue weighted by molar-refractivity contribution is -0.116. The summed E-state index contributed by atoms with van der Waals surface area (Å²) < 4.78 is 10.8. The number of ether oxygens (including phenoxy) is 2. The highest BCUT2D eigenvalue weighted by Gasteiger charge is 2.24. The molecule has 2 aromatic rings. The molecule has 1 atom stereocenters. The summed E-state index contributed by atoms with van der Waals surface area (Å²) in [6.45, 7) is 1.14. The summed E-state index contributed by atoms with van der Waals surface area (Å²) in [4.78, 5) is 16.3. The second kappa shape index (κ2) is 10.9. The van der Waals surface area contributed by atoms with Crippen molar-refractivity contribution in [3.05, 3.63) is 53.6 Å². The number of methoxy groups -OCH3 is 2. The van der Waals surface area contributed by atoms with Crippen molar-refractivity contribution < 1.29 is 14.3 Å².